The molecule has 0 radical (unpaired) electrons. The van der Waals surface area contributed by atoms with Crippen molar-refractivity contribution in [3.8, 4) is 0 Å². The summed E-state index contributed by atoms with van der Waals surface area (Å²) < 4.78 is 37.4. The van der Waals surface area contributed by atoms with Crippen LogP contribution in [-0.4, -0.2) is 78.4 Å². The quantitative estimate of drug-likeness (QED) is 0.817. The molecule has 0 bridgehead atoms. The van der Waals surface area contributed by atoms with Gasteiger partial charge in [0, 0.05) is 19.2 Å². The van der Waals surface area contributed by atoms with Crippen molar-refractivity contribution in [3.63, 3.8) is 0 Å². The van der Waals surface area contributed by atoms with E-state index in [-0.39, 0.29) is 18.1 Å². The monoisotopic (exact) mass is 416 g/mol. The highest BCUT2D eigenvalue weighted by Gasteiger charge is 2.41. The molecular formula is C20H27F3N2O4. The van der Waals surface area contributed by atoms with Crippen molar-refractivity contribution in [2.75, 3.05) is 27.2 Å². The topological polar surface area (TPSA) is 70.1 Å². The third-order valence-electron chi connectivity index (χ3n) is 5.19. The van der Waals surface area contributed by atoms with Gasteiger partial charge < -0.3 is 19.6 Å². The lowest BCUT2D eigenvalue weighted by molar-refractivity contribution is -0.192. The maximum Gasteiger partial charge on any atom is 0.490 e. The Bertz CT molecular complexity index is 676. The van der Waals surface area contributed by atoms with Gasteiger partial charge in [-0.05, 0) is 45.3 Å². The number of benzene rings is 1. The smallest absolute Gasteiger partial charge is 0.475 e. The zero-order valence-electron chi connectivity index (χ0n) is 16.6. The Kier molecular flexibility index (Phi) is 8.04. The average Bonchev–Trinajstić information content (AvgIpc) is 3.32. The number of alkyl halides is 3. The second kappa shape index (κ2) is 10.1. The molecule has 1 aromatic rings. The third-order valence-corrected chi connectivity index (χ3v) is 5.19. The van der Waals surface area contributed by atoms with Gasteiger partial charge in [0.2, 0.25) is 0 Å². The van der Waals surface area contributed by atoms with Crippen LogP contribution in [0.15, 0.2) is 30.3 Å². The van der Waals surface area contributed by atoms with Crippen molar-refractivity contribution < 1.29 is 32.6 Å². The van der Waals surface area contributed by atoms with E-state index in [1.165, 1.54) is 5.56 Å². The second-order valence-electron chi connectivity index (χ2n) is 7.41. The molecule has 3 atom stereocenters. The fourth-order valence-corrected chi connectivity index (χ4v) is 3.77. The van der Waals surface area contributed by atoms with E-state index in [9.17, 15) is 18.0 Å². The van der Waals surface area contributed by atoms with Crippen LogP contribution in [0.25, 0.3) is 0 Å². The summed E-state index contributed by atoms with van der Waals surface area (Å²) in [6.07, 6.45) is -1.45. The van der Waals surface area contributed by atoms with E-state index < -0.39 is 12.1 Å². The molecule has 3 rings (SSSR count). The number of aliphatic carboxylic acids is 1. The maximum absolute atomic E-state index is 12.8. The van der Waals surface area contributed by atoms with Gasteiger partial charge in [0.05, 0.1) is 6.04 Å². The number of likely N-dealkylation sites (N-methyl/N-ethyl adjacent to an activating group) is 1. The first-order valence-electron chi connectivity index (χ1n) is 9.53. The van der Waals surface area contributed by atoms with Gasteiger partial charge in [-0.2, -0.15) is 13.2 Å². The Hall–Kier alpha value is -2.13. The summed E-state index contributed by atoms with van der Waals surface area (Å²) in [5.41, 5.74) is 1.30. The predicted octanol–water partition coefficient (Wildman–Crippen LogP) is 2.57. The molecule has 9 heteroatoms. The molecule has 6 nitrogen and oxygen atoms in total. The van der Waals surface area contributed by atoms with Crippen molar-refractivity contribution in [2.24, 2.45) is 0 Å². The number of halogens is 3. The molecule has 162 valence electrons. The standard InChI is InChI=1S/C18H26N2O2.C2HF3O2/c1-19(2)15-10-11-20(18(21)17-9-6-12-22-17)16(15)13-14-7-4-3-5-8-14;3-2(4,5)1(6)7/h3-5,7-8,15-17H,6,9-13H2,1-2H3;(H,6,7)/t15-,16+,17-;/m1./s1. The molecule has 2 aliphatic rings. The fraction of sp³-hybridized carbons (Fsp3) is 0.600. The third kappa shape index (κ3) is 6.43. The van der Waals surface area contributed by atoms with Crippen LogP contribution in [-0.2, 0) is 20.7 Å². The van der Waals surface area contributed by atoms with E-state index >= 15 is 0 Å². The number of ether oxygens (including phenoxy) is 1. The maximum atomic E-state index is 12.8. The van der Waals surface area contributed by atoms with Crippen LogP contribution < -0.4 is 0 Å². The van der Waals surface area contributed by atoms with E-state index in [0.717, 1.165) is 38.8 Å². The summed E-state index contributed by atoms with van der Waals surface area (Å²) in [6, 6.07) is 11.2. The minimum atomic E-state index is -5.08. The molecule has 1 aromatic carbocycles. The number of carboxylic acids is 1. The molecule has 1 amide bonds. The molecular weight excluding hydrogens is 389 g/mol. The SMILES string of the molecule is CN(C)[C@@H]1CCN(C(=O)[C@H]2CCCO2)[C@H]1Cc1ccccc1.O=C(O)C(F)(F)F. The number of rotatable bonds is 4. The van der Waals surface area contributed by atoms with E-state index in [1.54, 1.807) is 0 Å². The zero-order chi connectivity index (χ0) is 21.6. The molecule has 0 saturated carbocycles. The Morgan fingerprint density at radius 1 is 1.21 bits per heavy atom. The van der Waals surface area contributed by atoms with Gasteiger partial charge in [0.25, 0.3) is 5.91 Å². The molecule has 2 heterocycles. The number of hydrogen-bond donors (Lipinski definition) is 1. The number of nitrogens with zero attached hydrogens (tertiary/aromatic N) is 2. The Morgan fingerprint density at radius 2 is 1.83 bits per heavy atom. The predicted molar refractivity (Wildman–Crippen MR) is 100 cm³/mol. The number of carboxylic acid groups (broad SMARTS) is 1. The van der Waals surface area contributed by atoms with Crippen molar-refractivity contribution in [1.82, 2.24) is 9.80 Å². The highest BCUT2D eigenvalue weighted by atomic mass is 19.4. The van der Waals surface area contributed by atoms with E-state index in [2.05, 4.69) is 48.2 Å². The van der Waals surface area contributed by atoms with Crippen molar-refractivity contribution in [1.29, 1.82) is 0 Å². The molecule has 0 spiro atoms. The normalized spacial score (nSPS) is 24.3. The lowest BCUT2D eigenvalue weighted by Crippen LogP contribution is -2.48. The zero-order valence-corrected chi connectivity index (χ0v) is 16.6. The van der Waals surface area contributed by atoms with Crippen LogP contribution in [0.1, 0.15) is 24.8 Å². The highest BCUT2D eigenvalue weighted by Crippen LogP contribution is 2.27. The Labute approximate surface area is 168 Å². The molecule has 1 N–H and O–H groups in total. The fourth-order valence-electron chi connectivity index (χ4n) is 3.77. The van der Waals surface area contributed by atoms with Crippen LogP contribution in [0.2, 0.25) is 0 Å². The Balaban J connectivity index is 0.000000370. The van der Waals surface area contributed by atoms with Gasteiger partial charge in [-0.25, -0.2) is 4.79 Å². The van der Waals surface area contributed by atoms with Crippen LogP contribution in [0.4, 0.5) is 13.2 Å². The highest BCUT2D eigenvalue weighted by molar-refractivity contribution is 5.82. The second-order valence-corrected chi connectivity index (χ2v) is 7.41. The average molecular weight is 416 g/mol. The number of carbonyl (C=O) groups is 2. The molecule has 0 unspecified atom stereocenters. The number of likely N-dealkylation sites (tertiary alicyclic amines) is 1. The van der Waals surface area contributed by atoms with Gasteiger partial charge >= 0.3 is 12.1 Å². The summed E-state index contributed by atoms with van der Waals surface area (Å²) in [5, 5.41) is 7.12. The number of hydrogen-bond acceptors (Lipinski definition) is 4. The lowest BCUT2D eigenvalue weighted by Gasteiger charge is -2.32. The number of carbonyl (C=O) groups excluding carboxylic acids is 1. The molecule has 2 aliphatic heterocycles. The van der Waals surface area contributed by atoms with Gasteiger partial charge in [-0.15, -0.1) is 0 Å². The minimum absolute atomic E-state index is 0.197. The molecule has 29 heavy (non-hydrogen) atoms. The Morgan fingerprint density at radius 3 is 2.31 bits per heavy atom. The minimum Gasteiger partial charge on any atom is -0.475 e. The summed E-state index contributed by atoms with van der Waals surface area (Å²) in [6.45, 7) is 1.57. The van der Waals surface area contributed by atoms with E-state index in [1.807, 2.05) is 6.07 Å². The van der Waals surface area contributed by atoms with Crippen LogP contribution in [0, 0.1) is 0 Å². The molecule has 2 fully saturated rings. The van der Waals surface area contributed by atoms with Gasteiger partial charge in [-0.3, -0.25) is 4.79 Å². The first-order chi connectivity index (χ1) is 13.6. The molecule has 0 aromatic heterocycles. The molecule has 2 saturated heterocycles. The van der Waals surface area contributed by atoms with Crippen molar-refractivity contribution >= 4 is 11.9 Å². The van der Waals surface area contributed by atoms with Gasteiger partial charge in [0.15, 0.2) is 0 Å². The van der Waals surface area contributed by atoms with Crippen molar-refractivity contribution in [3.05, 3.63) is 35.9 Å². The summed E-state index contributed by atoms with van der Waals surface area (Å²) in [7, 11) is 4.23. The first kappa shape index (κ1) is 23.2. The van der Waals surface area contributed by atoms with Gasteiger partial charge in [-0.1, -0.05) is 30.3 Å². The van der Waals surface area contributed by atoms with Crippen molar-refractivity contribution in [2.45, 2.75) is 50.0 Å². The van der Waals surface area contributed by atoms with E-state index in [4.69, 9.17) is 14.6 Å². The van der Waals surface area contributed by atoms with Crippen LogP contribution in [0.3, 0.4) is 0 Å². The van der Waals surface area contributed by atoms with Crippen LogP contribution in [0.5, 0.6) is 0 Å². The number of amides is 1. The lowest BCUT2D eigenvalue weighted by atomic mass is 9.99. The van der Waals surface area contributed by atoms with E-state index in [0.29, 0.717) is 6.04 Å². The summed E-state index contributed by atoms with van der Waals surface area (Å²) in [5.74, 6) is -2.56. The van der Waals surface area contributed by atoms with Crippen LogP contribution >= 0.6 is 0 Å². The first-order valence-corrected chi connectivity index (χ1v) is 9.53. The summed E-state index contributed by atoms with van der Waals surface area (Å²) in [4.78, 5) is 26.0. The largest absolute Gasteiger partial charge is 0.490 e. The molecule has 0 aliphatic carbocycles. The summed E-state index contributed by atoms with van der Waals surface area (Å²) >= 11 is 0. The van der Waals surface area contributed by atoms with Gasteiger partial charge in [0.1, 0.15) is 6.10 Å².